The minimum absolute atomic E-state index is 0.277. The largest absolute Gasteiger partial charge is 0.366 e. The number of piperazine rings is 1. The summed E-state index contributed by atoms with van der Waals surface area (Å²) in [6.45, 7) is 4.71. The van der Waals surface area contributed by atoms with E-state index in [0.717, 1.165) is 37.3 Å². The van der Waals surface area contributed by atoms with Gasteiger partial charge in [0.05, 0.1) is 16.1 Å². The maximum Gasteiger partial charge on any atom is 0.268 e. The molecular weight excluding hydrogens is 348 g/mol. The van der Waals surface area contributed by atoms with Gasteiger partial charge in [0.25, 0.3) is 10.0 Å². The summed E-state index contributed by atoms with van der Waals surface area (Å²) in [6, 6.07) is 12.5. The molecule has 26 heavy (non-hydrogen) atoms. The average molecular weight is 370 g/mol. The van der Waals surface area contributed by atoms with E-state index in [1.807, 2.05) is 12.1 Å². The SMILES string of the molecule is CC[C@@H]1CN(c2cn(S(=O)(=O)c3ccccc3)c3cccnc23)CCN1. The monoisotopic (exact) mass is 370 g/mol. The number of hydrogen-bond acceptors (Lipinski definition) is 5. The summed E-state index contributed by atoms with van der Waals surface area (Å²) in [7, 11) is -3.67. The Balaban J connectivity index is 1.85. The number of fused-ring (bicyclic) bond motifs is 1. The lowest BCUT2D eigenvalue weighted by Gasteiger charge is -2.34. The Labute approximate surface area is 153 Å². The molecule has 0 amide bonds. The zero-order valence-corrected chi connectivity index (χ0v) is 15.5. The molecule has 3 heterocycles. The van der Waals surface area contributed by atoms with Crippen molar-refractivity contribution in [2.45, 2.75) is 24.3 Å². The van der Waals surface area contributed by atoms with Crippen LogP contribution in [-0.4, -0.2) is 43.1 Å². The van der Waals surface area contributed by atoms with Crippen LogP contribution in [0.3, 0.4) is 0 Å². The number of rotatable bonds is 4. The van der Waals surface area contributed by atoms with E-state index >= 15 is 0 Å². The molecule has 2 aromatic heterocycles. The van der Waals surface area contributed by atoms with E-state index in [1.54, 1.807) is 42.7 Å². The summed E-state index contributed by atoms with van der Waals surface area (Å²) in [5, 5.41) is 3.49. The Morgan fingerprint density at radius 3 is 2.77 bits per heavy atom. The standard InChI is InChI=1S/C19H22N4O2S/c1-2-15-13-22(12-11-20-15)18-14-23(17-9-6-10-21-19(17)18)26(24,25)16-7-4-3-5-8-16/h3-10,14-15,20H,2,11-13H2,1H3/t15-/m1/s1. The van der Waals surface area contributed by atoms with Gasteiger partial charge in [0, 0.05) is 38.1 Å². The molecule has 0 unspecified atom stereocenters. The number of aromatic nitrogens is 2. The van der Waals surface area contributed by atoms with Gasteiger partial charge in [-0.15, -0.1) is 0 Å². The van der Waals surface area contributed by atoms with Crippen LogP contribution in [0.2, 0.25) is 0 Å². The fourth-order valence-corrected chi connectivity index (χ4v) is 4.84. The normalized spacial score (nSPS) is 18.3. The van der Waals surface area contributed by atoms with Crippen LogP contribution in [0, 0.1) is 0 Å². The zero-order valence-electron chi connectivity index (χ0n) is 14.7. The summed E-state index contributed by atoms with van der Waals surface area (Å²) in [5.74, 6) is 0. The first-order valence-electron chi connectivity index (χ1n) is 8.86. The Morgan fingerprint density at radius 1 is 1.19 bits per heavy atom. The van der Waals surface area contributed by atoms with E-state index in [0.29, 0.717) is 11.6 Å². The van der Waals surface area contributed by atoms with Crippen LogP contribution in [0.25, 0.3) is 11.0 Å². The van der Waals surface area contributed by atoms with Gasteiger partial charge in [-0.3, -0.25) is 4.98 Å². The van der Waals surface area contributed by atoms with Crippen LogP contribution in [0.1, 0.15) is 13.3 Å². The molecular formula is C19H22N4O2S. The van der Waals surface area contributed by atoms with Gasteiger partial charge in [0.2, 0.25) is 0 Å². The highest BCUT2D eigenvalue weighted by Gasteiger charge is 2.26. The number of nitrogens with one attached hydrogen (secondary N) is 1. The van der Waals surface area contributed by atoms with Crippen molar-refractivity contribution in [3.05, 3.63) is 54.9 Å². The first-order valence-corrected chi connectivity index (χ1v) is 10.3. The third-order valence-corrected chi connectivity index (χ3v) is 6.58. The predicted molar refractivity (Wildman–Crippen MR) is 103 cm³/mol. The molecule has 0 aliphatic carbocycles. The maximum absolute atomic E-state index is 13.2. The summed E-state index contributed by atoms with van der Waals surface area (Å²) < 4.78 is 27.7. The van der Waals surface area contributed by atoms with Crippen molar-refractivity contribution in [3.63, 3.8) is 0 Å². The van der Waals surface area contributed by atoms with Gasteiger partial charge >= 0.3 is 0 Å². The minimum Gasteiger partial charge on any atom is -0.366 e. The summed E-state index contributed by atoms with van der Waals surface area (Å²) in [5.41, 5.74) is 2.21. The van der Waals surface area contributed by atoms with Gasteiger partial charge in [0.15, 0.2) is 0 Å². The summed E-state index contributed by atoms with van der Waals surface area (Å²) in [4.78, 5) is 7.00. The Morgan fingerprint density at radius 2 is 2.00 bits per heavy atom. The molecule has 6 nitrogen and oxygen atoms in total. The van der Waals surface area contributed by atoms with Crippen LogP contribution in [0.5, 0.6) is 0 Å². The lowest BCUT2D eigenvalue weighted by molar-refractivity contribution is 0.447. The van der Waals surface area contributed by atoms with E-state index < -0.39 is 10.0 Å². The molecule has 0 spiro atoms. The van der Waals surface area contributed by atoms with Gasteiger partial charge in [-0.25, -0.2) is 12.4 Å². The van der Waals surface area contributed by atoms with E-state index in [2.05, 4.69) is 22.1 Å². The topological polar surface area (TPSA) is 67.2 Å². The lowest BCUT2D eigenvalue weighted by Crippen LogP contribution is -2.50. The third-order valence-electron chi connectivity index (χ3n) is 4.90. The molecule has 1 fully saturated rings. The van der Waals surface area contributed by atoms with Crippen LogP contribution in [0.15, 0.2) is 59.8 Å². The molecule has 0 radical (unpaired) electrons. The van der Waals surface area contributed by atoms with Gasteiger partial charge in [0.1, 0.15) is 5.52 Å². The zero-order chi connectivity index (χ0) is 18.1. The maximum atomic E-state index is 13.2. The quantitative estimate of drug-likeness (QED) is 0.764. The fraction of sp³-hybridized carbons (Fsp3) is 0.316. The Bertz CT molecular complexity index is 1010. The third kappa shape index (κ3) is 2.87. The molecule has 1 atom stereocenters. The second kappa shape index (κ2) is 6.74. The van der Waals surface area contributed by atoms with Gasteiger partial charge in [-0.1, -0.05) is 25.1 Å². The first-order chi connectivity index (χ1) is 12.6. The predicted octanol–water partition coefficient (Wildman–Crippen LogP) is 2.46. The number of nitrogens with zero attached hydrogens (tertiary/aromatic N) is 3. The minimum atomic E-state index is -3.67. The van der Waals surface area contributed by atoms with Crippen LogP contribution in [-0.2, 0) is 10.0 Å². The first kappa shape index (κ1) is 17.1. The molecule has 7 heteroatoms. The van der Waals surface area contributed by atoms with Crippen LogP contribution < -0.4 is 10.2 Å². The Kier molecular flexibility index (Phi) is 4.42. The van der Waals surface area contributed by atoms with Crippen molar-refractivity contribution in [1.29, 1.82) is 0 Å². The fourth-order valence-electron chi connectivity index (χ4n) is 3.47. The van der Waals surface area contributed by atoms with E-state index in [9.17, 15) is 8.42 Å². The van der Waals surface area contributed by atoms with Crippen molar-refractivity contribution in [1.82, 2.24) is 14.3 Å². The van der Waals surface area contributed by atoms with Gasteiger partial charge in [-0.05, 0) is 30.7 Å². The average Bonchev–Trinajstić information content (AvgIpc) is 3.09. The number of hydrogen-bond donors (Lipinski definition) is 1. The highest BCUT2D eigenvalue weighted by atomic mass is 32.2. The van der Waals surface area contributed by atoms with Crippen LogP contribution >= 0.6 is 0 Å². The smallest absolute Gasteiger partial charge is 0.268 e. The van der Waals surface area contributed by atoms with Crippen molar-refractivity contribution >= 4 is 26.7 Å². The van der Waals surface area contributed by atoms with Crippen molar-refractivity contribution < 1.29 is 8.42 Å². The summed E-state index contributed by atoms with van der Waals surface area (Å²) >= 11 is 0. The van der Waals surface area contributed by atoms with Crippen LogP contribution in [0.4, 0.5) is 5.69 Å². The molecule has 1 saturated heterocycles. The second-order valence-electron chi connectivity index (χ2n) is 6.50. The van der Waals surface area contributed by atoms with E-state index in [1.165, 1.54) is 3.97 Å². The summed E-state index contributed by atoms with van der Waals surface area (Å²) in [6.07, 6.45) is 4.47. The molecule has 0 bridgehead atoms. The molecule has 1 aliphatic heterocycles. The molecule has 1 aromatic carbocycles. The highest BCUT2D eigenvalue weighted by Crippen LogP contribution is 2.31. The molecule has 1 N–H and O–H groups in total. The van der Waals surface area contributed by atoms with Crippen molar-refractivity contribution in [2.24, 2.45) is 0 Å². The molecule has 136 valence electrons. The van der Waals surface area contributed by atoms with E-state index in [-0.39, 0.29) is 4.90 Å². The van der Waals surface area contributed by atoms with Gasteiger partial charge in [-0.2, -0.15) is 0 Å². The highest BCUT2D eigenvalue weighted by molar-refractivity contribution is 7.90. The molecule has 0 saturated carbocycles. The molecule has 3 aromatic rings. The Hall–Kier alpha value is -2.38. The molecule has 4 rings (SSSR count). The number of pyridine rings is 1. The lowest BCUT2D eigenvalue weighted by atomic mass is 10.1. The molecule has 1 aliphatic rings. The number of benzene rings is 1. The van der Waals surface area contributed by atoms with Gasteiger partial charge < -0.3 is 10.2 Å². The van der Waals surface area contributed by atoms with E-state index in [4.69, 9.17) is 0 Å². The van der Waals surface area contributed by atoms with Crippen molar-refractivity contribution in [2.75, 3.05) is 24.5 Å². The van der Waals surface area contributed by atoms with Crippen molar-refractivity contribution in [3.8, 4) is 0 Å². The second-order valence-corrected chi connectivity index (χ2v) is 8.32. The number of anilines is 1.